The van der Waals surface area contributed by atoms with E-state index >= 15 is 0 Å². The van der Waals surface area contributed by atoms with Crippen molar-refractivity contribution in [3.63, 3.8) is 0 Å². The number of carbonyl (C=O) groups excluding carboxylic acids is 2. The summed E-state index contributed by atoms with van der Waals surface area (Å²) in [5.41, 5.74) is 2.93. The van der Waals surface area contributed by atoms with E-state index in [0.29, 0.717) is 23.7 Å². The molecule has 29 heavy (non-hydrogen) atoms. The van der Waals surface area contributed by atoms with Gasteiger partial charge in [-0.1, -0.05) is 48.7 Å². The molecule has 1 saturated carbocycles. The van der Waals surface area contributed by atoms with Crippen molar-refractivity contribution in [2.45, 2.75) is 55.9 Å². The Bertz CT molecular complexity index is 863. The highest BCUT2D eigenvalue weighted by atomic mass is 32.2. The van der Waals surface area contributed by atoms with Crippen molar-refractivity contribution in [1.82, 2.24) is 15.6 Å². The van der Waals surface area contributed by atoms with Gasteiger partial charge in [-0.15, -0.1) is 0 Å². The van der Waals surface area contributed by atoms with E-state index in [-0.39, 0.29) is 17.7 Å². The first-order valence-corrected chi connectivity index (χ1v) is 11.1. The van der Waals surface area contributed by atoms with Crippen LogP contribution in [-0.4, -0.2) is 29.9 Å². The number of benzene rings is 1. The minimum absolute atomic E-state index is 0.117. The third-order valence-corrected chi connectivity index (χ3v) is 6.44. The van der Waals surface area contributed by atoms with Crippen molar-refractivity contribution in [3.8, 4) is 0 Å². The van der Waals surface area contributed by atoms with Crippen LogP contribution >= 0.6 is 11.8 Å². The summed E-state index contributed by atoms with van der Waals surface area (Å²) in [5.74, 6) is 0.0854. The Hall–Kier alpha value is -2.34. The zero-order valence-corrected chi connectivity index (χ0v) is 18.0. The molecule has 0 radical (unpaired) electrons. The number of hydrogen-bond donors (Lipinski definition) is 2. The van der Waals surface area contributed by atoms with Crippen molar-refractivity contribution in [2.24, 2.45) is 5.92 Å². The van der Waals surface area contributed by atoms with E-state index in [0.717, 1.165) is 36.1 Å². The Morgan fingerprint density at radius 1 is 1.07 bits per heavy atom. The van der Waals surface area contributed by atoms with E-state index < -0.39 is 0 Å². The third-order valence-electron chi connectivity index (χ3n) is 5.24. The fourth-order valence-electron chi connectivity index (χ4n) is 3.63. The van der Waals surface area contributed by atoms with Crippen LogP contribution in [-0.2, 0) is 4.79 Å². The second-order valence-electron chi connectivity index (χ2n) is 7.61. The molecule has 2 aromatic rings. The average Bonchev–Trinajstić information content (AvgIpc) is 2.74. The predicted molar refractivity (Wildman–Crippen MR) is 116 cm³/mol. The quantitative estimate of drug-likeness (QED) is 0.667. The lowest BCUT2D eigenvalue weighted by Gasteiger charge is -2.20. The number of nitrogens with zero attached hydrogens (tertiary/aromatic N) is 1. The standard InChI is InChI=1S/C23H29N3O2S/c1-16-10-11-20(17(2)15-16)29-23-19(9-6-12-26-23)22(28)25-14-13-24-21(27)18-7-4-3-5-8-18/h6,9-12,15,18H,3-5,7-8,13-14H2,1-2H3,(H,24,27)(H,25,28). The highest BCUT2D eigenvalue weighted by Gasteiger charge is 2.20. The number of hydrogen-bond acceptors (Lipinski definition) is 4. The molecule has 2 N–H and O–H groups in total. The van der Waals surface area contributed by atoms with Crippen LogP contribution < -0.4 is 10.6 Å². The van der Waals surface area contributed by atoms with Crippen LogP contribution in [0.25, 0.3) is 0 Å². The zero-order chi connectivity index (χ0) is 20.6. The Morgan fingerprint density at radius 2 is 1.83 bits per heavy atom. The second-order valence-corrected chi connectivity index (χ2v) is 8.64. The lowest BCUT2D eigenvalue weighted by Crippen LogP contribution is -2.38. The topological polar surface area (TPSA) is 71.1 Å². The molecule has 1 aliphatic rings. The molecule has 0 spiro atoms. The first-order valence-electron chi connectivity index (χ1n) is 10.3. The highest BCUT2D eigenvalue weighted by Crippen LogP contribution is 2.31. The Labute approximate surface area is 177 Å². The zero-order valence-electron chi connectivity index (χ0n) is 17.2. The molecule has 5 nitrogen and oxygen atoms in total. The van der Waals surface area contributed by atoms with Crippen LogP contribution in [0, 0.1) is 19.8 Å². The fourth-order valence-corrected chi connectivity index (χ4v) is 4.58. The maximum atomic E-state index is 12.7. The molecule has 1 aliphatic carbocycles. The summed E-state index contributed by atoms with van der Waals surface area (Å²) < 4.78 is 0. The molecule has 1 aromatic carbocycles. The minimum atomic E-state index is -0.169. The molecule has 0 aliphatic heterocycles. The van der Waals surface area contributed by atoms with Crippen LogP contribution in [0.4, 0.5) is 0 Å². The molecule has 0 saturated heterocycles. The predicted octanol–water partition coefficient (Wildman–Crippen LogP) is 4.28. The fraction of sp³-hybridized carbons (Fsp3) is 0.435. The SMILES string of the molecule is Cc1ccc(Sc2ncccc2C(=O)NCCNC(=O)C2CCCCC2)c(C)c1. The summed E-state index contributed by atoms with van der Waals surface area (Å²) in [6, 6.07) is 9.81. The number of aromatic nitrogens is 1. The van der Waals surface area contributed by atoms with Gasteiger partial charge in [0.05, 0.1) is 5.56 Å². The summed E-state index contributed by atoms with van der Waals surface area (Å²) in [6.07, 6.45) is 7.16. The molecule has 154 valence electrons. The van der Waals surface area contributed by atoms with Crippen LogP contribution in [0.15, 0.2) is 46.5 Å². The van der Waals surface area contributed by atoms with Gasteiger partial charge in [0.25, 0.3) is 5.91 Å². The van der Waals surface area contributed by atoms with Gasteiger partial charge < -0.3 is 10.6 Å². The van der Waals surface area contributed by atoms with E-state index in [2.05, 4.69) is 47.7 Å². The largest absolute Gasteiger partial charge is 0.354 e. The summed E-state index contributed by atoms with van der Waals surface area (Å²) in [7, 11) is 0. The van der Waals surface area contributed by atoms with Crippen molar-refractivity contribution in [2.75, 3.05) is 13.1 Å². The van der Waals surface area contributed by atoms with E-state index in [1.165, 1.54) is 23.7 Å². The molecular formula is C23H29N3O2S. The van der Waals surface area contributed by atoms with Crippen LogP contribution in [0.1, 0.15) is 53.6 Å². The highest BCUT2D eigenvalue weighted by molar-refractivity contribution is 7.99. The molecule has 1 heterocycles. The first kappa shape index (κ1) is 21.4. The van der Waals surface area contributed by atoms with E-state index in [1.807, 2.05) is 0 Å². The summed E-state index contributed by atoms with van der Waals surface area (Å²) in [4.78, 5) is 30.3. The van der Waals surface area contributed by atoms with Crippen molar-refractivity contribution in [1.29, 1.82) is 0 Å². The van der Waals surface area contributed by atoms with Gasteiger partial charge in [-0.25, -0.2) is 4.98 Å². The van der Waals surface area contributed by atoms with Gasteiger partial charge in [0, 0.05) is 30.1 Å². The molecule has 1 fully saturated rings. The van der Waals surface area contributed by atoms with Crippen molar-refractivity contribution in [3.05, 3.63) is 53.2 Å². The van der Waals surface area contributed by atoms with Gasteiger partial charge in [-0.3, -0.25) is 9.59 Å². The number of nitrogens with one attached hydrogen (secondary N) is 2. The van der Waals surface area contributed by atoms with Gasteiger partial charge in [0.15, 0.2) is 0 Å². The number of rotatable bonds is 7. The molecular weight excluding hydrogens is 382 g/mol. The van der Waals surface area contributed by atoms with Gasteiger partial charge in [-0.2, -0.15) is 0 Å². The molecule has 1 aromatic heterocycles. The first-order chi connectivity index (χ1) is 14.0. The van der Waals surface area contributed by atoms with Crippen molar-refractivity contribution >= 4 is 23.6 Å². The van der Waals surface area contributed by atoms with E-state index in [9.17, 15) is 9.59 Å². The molecule has 2 amide bonds. The Balaban J connectivity index is 1.53. The number of amides is 2. The minimum Gasteiger partial charge on any atom is -0.354 e. The lowest BCUT2D eigenvalue weighted by molar-refractivity contribution is -0.125. The number of pyridine rings is 1. The van der Waals surface area contributed by atoms with Gasteiger partial charge in [0.2, 0.25) is 5.91 Å². The van der Waals surface area contributed by atoms with Gasteiger partial charge >= 0.3 is 0 Å². The molecule has 0 atom stereocenters. The van der Waals surface area contributed by atoms with E-state index in [1.54, 1.807) is 18.3 Å². The second kappa shape index (κ2) is 10.4. The lowest BCUT2D eigenvalue weighted by atomic mass is 9.89. The Morgan fingerprint density at radius 3 is 2.59 bits per heavy atom. The van der Waals surface area contributed by atoms with Crippen LogP contribution in [0.2, 0.25) is 0 Å². The maximum absolute atomic E-state index is 12.7. The third kappa shape index (κ3) is 6.07. The molecule has 6 heteroatoms. The average molecular weight is 412 g/mol. The van der Waals surface area contributed by atoms with E-state index in [4.69, 9.17) is 0 Å². The molecule has 0 unspecified atom stereocenters. The van der Waals surface area contributed by atoms with Crippen molar-refractivity contribution < 1.29 is 9.59 Å². The summed E-state index contributed by atoms with van der Waals surface area (Å²) >= 11 is 1.50. The maximum Gasteiger partial charge on any atom is 0.254 e. The number of aryl methyl sites for hydroxylation is 2. The van der Waals surface area contributed by atoms with Crippen LogP contribution in [0.5, 0.6) is 0 Å². The smallest absolute Gasteiger partial charge is 0.254 e. The van der Waals surface area contributed by atoms with Gasteiger partial charge in [-0.05, 0) is 50.5 Å². The number of carbonyl (C=O) groups is 2. The molecule has 0 bridgehead atoms. The summed E-state index contributed by atoms with van der Waals surface area (Å²) in [6.45, 7) is 4.97. The normalized spacial score (nSPS) is 14.4. The van der Waals surface area contributed by atoms with Gasteiger partial charge in [0.1, 0.15) is 5.03 Å². The Kier molecular flexibility index (Phi) is 7.69. The monoisotopic (exact) mass is 411 g/mol. The van der Waals surface area contributed by atoms with Crippen LogP contribution in [0.3, 0.4) is 0 Å². The molecule has 3 rings (SSSR count). The summed E-state index contributed by atoms with van der Waals surface area (Å²) in [5, 5.41) is 6.54.